The molecule has 0 N–H and O–H groups in total. The Hall–Kier alpha value is -2.37. The molecule has 1 aromatic carbocycles. The van der Waals surface area contributed by atoms with Crippen LogP contribution in [0.5, 0.6) is 11.5 Å². The number of nitrogens with zero attached hydrogens (tertiary/aromatic N) is 3. The highest BCUT2D eigenvalue weighted by atomic mass is 16.5. The van der Waals surface area contributed by atoms with Crippen molar-refractivity contribution in [2.45, 2.75) is 38.0 Å². The average Bonchev–Trinajstić information content (AvgIpc) is 3.05. The summed E-state index contributed by atoms with van der Waals surface area (Å²) in [5, 5.41) is 8.27. The summed E-state index contributed by atoms with van der Waals surface area (Å²) in [4.78, 5) is 11.4. The number of carbonyl (C=O) groups is 1. The molecule has 0 unspecified atom stereocenters. The Kier molecular flexibility index (Phi) is 4.60. The molecule has 1 heterocycles. The van der Waals surface area contributed by atoms with Crippen LogP contribution in [0.15, 0.2) is 18.2 Å². The molecule has 122 valence electrons. The first-order chi connectivity index (χ1) is 11.3. The lowest BCUT2D eigenvalue weighted by molar-refractivity contribution is 0.111. The van der Waals surface area contributed by atoms with E-state index in [2.05, 4.69) is 10.3 Å². The van der Waals surface area contributed by atoms with Gasteiger partial charge in [0.2, 0.25) is 0 Å². The van der Waals surface area contributed by atoms with Crippen LogP contribution in [0.2, 0.25) is 0 Å². The van der Waals surface area contributed by atoms with Gasteiger partial charge in [-0.3, -0.25) is 4.79 Å². The molecule has 1 saturated carbocycles. The lowest BCUT2D eigenvalue weighted by Crippen LogP contribution is -2.13. The number of aldehydes is 1. The van der Waals surface area contributed by atoms with Crippen LogP contribution >= 0.6 is 0 Å². The van der Waals surface area contributed by atoms with Crippen molar-refractivity contribution < 1.29 is 14.3 Å². The molecule has 1 aromatic heterocycles. The van der Waals surface area contributed by atoms with Gasteiger partial charge in [0.15, 0.2) is 6.29 Å². The van der Waals surface area contributed by atoms with Crippen LogP contribution in [-0.4, -0.2) is 35.5 Å². The maximum atomic E-state index is 11.4. The monoisotopic (exact) mass is 315 g/mol. The fraction of sp³-hybridized carbons (Fsp3) is 0.471. The Morgan fingerprint density at radius 1 is 1.17 bits per heavy atom. The standard InChI is InChI=1S/C17H21N3O3/c1-22-13-8-9-15(16(10-13)23-2)20-17(14(11-21)18-19-20)12-6-4-3-5-7-12/h8-12H,3-7H2,1-2H3. The summed E-state index contributed by atoms with van der Waals surface area (Å²) in [5.74, 6) is 1.66. The van der Waals surface area contributed by atoms with Crippen molar-refractivity contribution in [1.82, 2.24) is 15.0 Å². The van der Waals surface area contributed by atoms with Gasteiger partial charge in [-0.1, -0.05) is 24.5 Å². The van der Waals surface area contributed by atoms with Crippen molar-refractivity contribution in [3.05, 3.63) is 29.6 Å². The maximum absolute atomic E-state index is 11.4. The topological polar surface area (TPSA) is 66.2 Å². The van der Waals surface area contributed by atoms with E-state index in [0.717, 1.165) is 30.5 Å². The van der Waals surface area contributed by atoms with Crippen LogP contribution in [0.3, 0.4) is 0 Å². The first-order valence-electron chi connectivity index (χ1n) is 7.91. The molecule has 0 spiro atoms. The Morgan fingerprint density at radius 3 is 2.61 bits per heavy atom. The molecular weight excluding hydrogens is 294 g/mol. The minimum Gasteiger partial charge on any atom is -0.497 e. The van der Waals surface area contributed by atoms with E-state index in [1.807, 2.05) is 18.2 Å². The Morgan fingerprint density at radius 2 is 1.96 bits per heavy atom. The van der Waals surface area contributed by atoms with Crippen molar-refractivity contribution in [3.8, 4) is 17.2 Å². The third-order valence-electron chi connectivity index (χ3n) is 4.45. The smallest absolute Gasteiger partial charge is 0.172 e. The lowest BCUT2D eigenvalue weighted by atomic mass is 9.86. The van der Waals surface area contributed by atoms with E-state index in [-0.39, 0.29) is 0 Å². The van der Waals surface area contributed by atoms with Gasteiger partial charge in [-0.25, -0.2) is 4.68 Å². The second-order valence-electron chi connectivity index (χ2n) is 5.76. The number of rotatable bonds is 5. The molecular formula is C17H21N3O3. The Balaban J connectivity index is 2.09. The molecule has 2 aromatic rings. The molecule has 3 rings (SSSR count). The van der Waals surface area contributed by atoms with Gasteiger partial charge in [0, 0.05) is 12.0 Å². The van der Waals surface area contributed by atoms with E-state index < -0.39 is 0 Å². The molecule has 1 aliphatic carbocycles. The van der Waals surface area contributed by atoms with Crippen molar-refractivity contribution in [2.75, 3.05) is 14.2 Å². The van der Waals surface area contributed by atoms with E-state index >= 15 is 0 Å². The van der Waals surface area contributed by atoms with Crippen molar-refractivity contribution >= 4 is 6.29 Å². The van der Waals surface area contributed by atoms with Crippen molar-refractivity contribution in [1.29, 1.82) is 0 Å². The average molecular weight is 315 g/mol. The largest absolute Gasteiger partial charge is 0.497 e. The van der Waals surface area contributed by atoms with Gasteiger partial charge in [-0.15, -0.1) is 5.10 Å². The molecule has 6 heteroatoms. The maximum Gasteiger partial charge on any atom is 0.172 e. The molecule has 23 heavy (non-hydrogen) atoms. The number of methoxy groups -OCH3 is 2. The quantitative estimate of drug-likeness (QED) is 0.793. The molecule has 0 amide bonds. The first-order valence-corrected chi connectivity index (χ1v) is 7.91. The number of aromatic nitrogens is 3. The molecule has 0 atom stereocenters. The predicted octanol–water partition coefficient (Wildman–Crippen LogP) is 3.14. The summed E-state index contributed by atoms with van der Waals surface area (Å²) >= 11 is 0. The summed E-state index contributed by atoms with van der Waals surface area (Å²) < 4.78 is 12.5. The second-order valence-corrected chi connectivity index (χ2v) is 5.76. The molecule has 0 aliphatic heterocycles. The SMILES string of the molecule is COc1ccc(-n2nnc(C=O)c2C2CCCCC2)c(OC)c1. The number of carbonyl (C=O) groups excluding carboxylic acids is 1. The minimum atomic E-state index is 0.311. The number of ether oxygens (including phenoxy) is 2. The molecule has 1 aliphatic rings. The van der Waals surface area contributed by atoms with Gasteiger partial charge in [0.1, 0.15) is 22.9 Å². The van der Waals surface area contributed by atoms with Gasteiger partial charge in [0.05, 0.1) is 19.9 Å². The summed E-state index contributed by atoms with van der Waals surface area (Å²) in [6, 6.07) is 5.54. The van der Waals surface area contributed by atoms with E-state index in [1.165, 1.54) is 19.3 Å². The van der Waals surface area contributed by atoms with Gasteiger partial charge < -0.3 is 9.47 Å². The number of hydrogen-bond donors (Lipinski definition) is 0. The zero-order chi connectivity index (χ0) is 16.2. The highest BCUT2D eigenvalue weighted by Crippen LogP contribution is 2.36. The zero-order valence-electron chi connectivity index (χ0n) is 13.5. The fourth-order valence-corrected chi connectivity index (χ4v) is 3.28. The first kappa shape index (κ1) is 15.5. The van der Waals surface area contributed by atoms with E-state index in [1.54, 1.807) is 18.9 Å². The van der Waals surface area contributed by atoms with E-state index in [9.17, 15) is 4.79 Å². The summed E-state index contributed by atoms with van der Waals surface area (Å²) in [6.45, 7) is 0. The highest BCUT2D eigenvalue weighted by molar-refractivity contribution is 5.74. The third kappa shape index (κ3) is 2.93. The summed E-state index contributed by atoms with van der Waals surface area (Å²) in [5.41, 5.74) is 2.09. The van der Waals surface area contributed by atoms with Crippen molar-refractivity contribution in [3.63, 3.8) is 0 Å². The molecule has 0 bridgehead atoms. The molecule has 0 radical (unpaired) electrons. The predicted molar refractivity (Wildman–Crippen MR) is 85.7 cm³/mol. The Bertz CT molecular complexity index is 690. The van der Waals surface area contributed by atoms with Crippen LogP contribution in [0.25, 0.3) is 5.69 Å². The third-order valence-corrected chi connectivity index (χ3v) is 4.45. The van der Waals surface area contributed by atoms with E-state index in [0.29, 0.717) is 23.1 Å². The van der Waals surface area contributed by atoms with Crippen LogP contribution in [0.4, 0.5) is 0 Å². The molecule has 6 nitrogen and oxygen atoms in total. The minimum absolute atomic E-state index is 0.311. The van der Waals surface area contributed by atoms with Crippen LogP contribution < -0.4 is 9.47 Å². The second kappa shape index (κ2) is 6.81. The van der Waals surface area contributed by atoms with Gasteiger partial charge in [0.25, 0.3) is 0 Å². The van der Waals surface area contributed by atoms with Gasteiger partial charge in [-0.05, 0) is 25.0 Å². The van der Waals surface area contributed by atoms with E-state index in [4.69, 9.17) is 9.47 Å². The summed E-state index contributed by atoms with van der Waals surface area (Å²) in [6.07, 6.45) is 6.52. The van der Waals surface area contributed by atoms with Crippen LogP contribution in [0, 0.1) is 0 Å². The van der Waals surface area contributed by atoms with Crippen LogP contribution in [-0.2, 0) is 0 Å². The van der Waals surface area contributed by atoms with Crippen LogP contribution in [0.1, 0.15) is 54.2 Å². The molecule has 1 fully saturated rings. The Labute approximate surface area is 135 Å². The van der Waals surface area contributed by atoms with Gasteiger partial charge in [-0.2, -0.15) is 0 Å². The highest BCUT2D eigenvalue weighted by Gasteiger charge is 2.26. The lowest BCUT2D eigenvalue weighted by Gasteiger charge is -2.23. The number of hydrogen-bond acceptors (Lipinski definition) is 5. The molecule has 0 saturated heterocycles. The normalized spacial score (nSPS) is 15.4. The number of benzene rings is 1. The zero-order valence-corrected chi connectivity index (χ0v) is 13.5. The fourth-order valence-electron chi connectivity index (χ4n) is 3.28. The van der Waals surface area contributed by atoms with Crippen molar-refractivity contribution in [2.24, 2.45) is 0 Å². The van der Waals surface area contributed by atoms with Gasteiger partial charge >= 0.3 is 0 Å². The summed E-state index contributed by atoms with van der Waals surface area (Å²) in [7, 11) is 3.22.